The molecule has 0 bridgehead atoms. The van der Waals surface area contributed by atoms with Crippen molar-refractivity contribution in [1.29, 1.82) is 0 Å². The molecule has 1 aliphatic heterocycles. The van der Waals surface area contributed by atoms with Crippen molar-refractivity contribution in [1.82, 2.24) is 19.9 Å². The molecule has 1 fully saturated rings. The Bertz CT molecular complexity index is 1130. The van der Waals surface area contributed by atoms with E-state index < -0.39 is 23.9 Å². The second-order valence-electron chi connectivity index (χ2n) is 7.12. The van der Waals surface area contributed by atoms with Gasteiger partial charge in [0.25, 0.3) is 0 Å². The summed E-state index contributed by atoms with van der Waals surface area (Å²) in [7, 11) is 0. The van der Waals surface area contributed by atoms with Crippen LogP contribution in [-0.2, 0) is 11.0 Å². The third-order valence-corrected chi connectivity index (χ3v) is 5.10. The Morgan fingerprint density at radius 2 is 2.00 bits per heavy atom. The number of nitrogens with zero attached hydrogens (tertiary/aromatic N) is 4. The number of pyridine rings is 3. The van der Waals surface area contributed by atoms with E-state index >= 15 is 0 Å². The minimum Gasteiger partial charge on any atom is -0.389 e. The number of rotatable bonds is 4. The zero-order valence-corrected chi connectivity index (χ0v) is 16.2. The van der Waals surface area contributed by atoms with Crippen molar-refractivity contribution < 1.29 is 23.1 Å². The number of nitrogens with one attached hydrogen (secondary N) is 1. The van der Waals surface area contributed by atoms with Crippen LogP contribution < -0.4 is 5.32 Å². The van der Waals surface area contributed by atoms with Gasteiger partial charge in [-0.2, -0.15) is 13.2 Å². The minimum absolute atomic E-state index is 0.173. The lowest BCUT2D eigenvalue weighted by atomic mass is 10.1. The van der Waals surface area contributed by atoms with Crippen LogP contribution in [0.5, 0.6) is 0 Å². The third kappa shape index (κ3) is 4.06. The van der Waals surface area contributed by atoms with Crippen LogP contribution in [0, 0.1) is 0 Å². The molecule has 10 heteroatoms. The Labute approximate surface area is 175 Å². The Hall–Kier alpha value is -3.53. The van der Waals surface area contributed by atoms with Crippen molar-refractivity contribution in [2.24, 2.45) is 0 Å². The number of β-amino-alcohol motifs (C(OH)–C–C–N with tert-alkyl or cyclic N) is 1. The zero-order valence-electron chi connectivity index (χ0n) is 16.2. The van der Waals surface area contributed by atoms with Gasteiger partial charge in [-0.1, -0.05) is 6.58 Å². The van der Waals surface area contributed by atoms with Crippen molar-refractivity contribution in [2.45, 2.75) is 18.3 Å². The van der Waals surface area contributed by atoms with Crippen molar-refractivity contribution in [3.05, 3.63) is 61.1 Å². The SMILES string of the molecule is C=CC(=O)N1C[C@H](O)[C@H](Nc2ncc(-c3ccc(C(F)(F)F)cn3)c3ncccc23)C1. The smallest absolute Gasteiger partial charge is 0.389 e. The summed E-state index contributed by atoms with van der Waals surface area (Å²) in [4.78, 5) is 26.0. The number of alkyl halides is 3. The molecule has 0 aliphatic carbocycles. The summed E-state index contributed by atoms with van der Waals surface area (Å²) in [6.45, 7) is 3.90. The normalized spacial score (nSPS) is 18.9. The molecule has 1 aliphatic rings. The fourth-order valence-electron chi connectivity index (χ4n) is 3.51. The average molecular weight is 429 g/mol. The maximum atomic E-state index is 12.8. The van der Waals surface area contributed by atoms with Crippen LogP contribution in [0.3, 0.4) is 0 Å². The zero-order chi connectivity index (χ0) is 22.2. The van der Waals surface area contributed by atoms with Crippen molar-refractivity contribution in [3.8, 4) is 11.3 Å². The van der Waals surface area contributed by atoms with Crippen LogP contribution in [0.2, 0.25) is 0 Å². The molecule has 160 valence electrons. The minimum atomic E-state index is -4.47. The molecular formula is C21H18F3N5O2. The van der Waals surface area contributed by atoms with Crippen LogP contribution in [-0.4, -0.2) is 56.1 Å². The number of anilines is 1. The maximum Gasteiger partial charge on any atom is 0.417 e. The van der Waals surface area contributed by atoms with Gasteiger partial charge in [0.15, 0.2) is 0 Å². The van der Waals surface area contributed by atoms with E-state index in [0.29, 0.717) is 28.0 Å². The number of likely N-dealkylation sites (tertiary alicyclic amines) is 1. The number of aromatic nitrogens is 3. The maximum absolute atomic E-state index is 12.8. The summed E-state index contributed by atoms with van der Waals surface area (Å²) in [6, 6.07) is 5.26. The molecule has 4 heterocycles. The number of aliphatic hydroxyl groups excluding tert-OH is 1. The Balaban J connectivity index is 1.66. The first-order chi connectivity index (χ1) is 14.8. The molecule has 31 heavy (non-hydrogen) atoms. The third-order valence-electron chi connectivity index (χ3n) is 5.10. The standard InChI is InChI=1S/C21H18F3N5O2/c1-2-18(31)29-10-16(17(30)11-29)28-20-13-4-3-7-25-19(13)14(9-27-20)15-6-5-12(8-26-15)21(22,23)24/h2-9,16-17,30H,1,10-11H2,(H,27,28)/t16-,17+/m1/s1. The van der Waals surface area contributed by atoms with Crippen LogP contribution in [0.25, 0.3) is 22.2 Å². The quantitative estimate of drug-likeness (QED) is 0.620. The molecule has 1 saturated heterocycles. The first-order valence-electron chi connectivity index (χ1n) is 9.41. The number of halogens is 3. The van der Waals surface area contributed by atoms with Gasteiger partial charge < -0.3 is 15.3 Å². The highest BCUT2D eigenvalue weighted by Gasteiger charge is 2.34. The molecule has 2 N–H and O–H groups in total. The molecule has 1 amide bonds. The number of hydrogen-bond donors (Lipinski definition) is 2. The number of fused-ring (bicyclic) bond motifs is 1. The summed E-state index contributed by atoms with van der Waals surface area (Å²) >= 11 is 0. The molecule has 2 atom stereocenters. The Morgan fingerprint density at radius 1 is 1.19 bits per heavy atom. The van der Waals surface area contributed by atoms with Gasteiger partial charge in [0.05, 0.1) is 28.9 Å². The summed E-state index contributed by atoms with van der Waals surface area (Å²) in [6.07, 6.45) is -0.264. The molecule has 0 saturated carbocycles. The van der Waals surface area contributed by atoms with Gasteiger partial charge in [0.2, 0.25) is 5.91 Å². The van der Waals surface area contributed by atoms with E-state index in [2.05, 4.69) is 26.8 Å². The average Bonchev–Trinajstić information content (AvgIpc) is 3.13. The van der Waals surface area contributed by atoms with Crippen molar-refractivity contribution in [2.75, 3.05) is 18.4 Å². The summed E-state index contributed by atoms with van der Waals surface area (Å²) in [5.74, 6) is 0.169. The molecule has 7 nitrogen and oxygen atoms in total. The fourth-order valence-corrected chi connectivity index (χ4v) is 3.51. The predicted octanol–water partition coefficient (Wildman–Crippen LogP) is 2.88. The van der Waals surface area contributed by atoms with Gasteiger partial charge in [0.1, 0.15) is 5.82 Å². The second-order valence-corrected chi connectivity index (χ2v) is 7.12. The van der Waals surface area contributed by atoms with E-state index in [4.69, 9.17) is 0 Å². The largest absolute Gasteiger partial charge is 0.417 e. The topological polar surface area (TPSA) is 91.2 Å². The van der Waals surface area contributed by atoms with E-state index in [1.165, 1.54) is 23.2 Å². The molecule has 0 unspecified atom stereocenters. The van der Waals surface area contributed by atoms with Crippen LogP contribution in [0.15, 0.2) is 55.5 Å². The van der Waals surface area contributed by atoms with Gasteiger partial charge in [0, 0.05) is 42.6 Å². The molecular weight excluding hydrogens is 411 g/mol. The Kier molecular flexibility index (Phi) is 5.32. The molecule has 4 rings (SSSR count). The van der Waals surface area contributed by atoms with E-state index in [1.807, 2.05) is 0 Å². The molecule has 0 radical (unpaired) electrons. The first kappa shape index (κ1) is 20.7. The summed E-state index contributed by atoms with van der Waals surface area (Å²) < 4.78 is 38.5. The van der Waals surface area contributed by atoms with Gasteiger partial charge in [-0.15, -0.1) is 0 Å². The lowest BCUT2D eigenvalue weighted by molar-refractivity contribution is -0.137. The van der Waals surface area contributed by atoms with Crippen LogP contribution >= 0.6 is 0 Å². The van der Waals surface area contributed by atoms with Crippen molar-refractivity contribution >= 4 is 22.6 Å². The first-order valence-corrected chi connectivity index (χ1v) is 9.41. The number of amides is 1. The molecule has 3 aromatic heterocycles. The predicted molar refractivity (Wildman–Crippen MR) is 108 cm³/mol. The number of hydrogen-bond acceptors (Lipinski definition) is 6. The van der Waals surface area contributed by atoms with Gasteiger partial charge in [-0.3, -0.25) is 14.8 Å². The monoisotopic (exact) mass is 429 g/mol. The Morgan fingerprint density at radius 3 is 2.68 bits per heavy atom. The van der Waals surface area contributed by atoms with Gasteiger partial charge >= 0.3 is 6.18 Å². The van der Waals surface area contributed by atoms with Crippen LogP contribution in [0.4, 0.5) is 19.0 Å². The lowest BCUT2D eigenvalue weighted by Crippen LogP contribution is -2.33. The highest BCUT2D eigenvalue weighted by atomic mass is 19.4. The fraction of sp³-hybridized carbons (Fsp3) is 0.238. The number of aliphatic hydroxyl groups is 1. The molecule has 0 aromatic carbocycles. The number of carbonyl (C=O) groups is 1. The van der Waals surface area contributed by atoms with Crippen LogP contribution in [0.1, 0.15) is 5.56 Å². The molecule has 3 aromatic rings. The number of carbonyl (C=O) groups excluding carboxylic acids is 1. The molecule has 0 spiro atoms. The highest BCUT2D eigenvalue weighted by Crippen LogP contribution is 2.33. The van der Waals surface area contributed by atoms with E-state index in [1.54, 1.807) is 18.3 Å². The van der Waals surface area contributed by atoms with Gasteiger partial charge in [-0.25, -0.2) is 4.98 Å². The summed E-state index contributed by atoms with van der Waals surface area (Å²) in [5.41, 5.74) is 0.442. The van der Waals surface area contributed by atoms with E-state index in [9.17, 15) is 23.1 Å². The van der Waals surface area contributed by atoms with Gasteiger partial charge in [-0.05, 0) is 30.3 Å². The summed E-state index contributed by atoms with van der Waals surface area (Å²) in [5, 5.41) is 14.1. The highest BCUT2D eigenvalue weighted by molar-refractivity contribution is 5.98. The second kappa shape index (κ2) is 7.95. The van der Waals surface area contributed by atoms with Crippen molar-refractivity contribution in [3.63, 3.8) is 0 Å². The lowest BCUT2D eigenvalue weighted by Gasteiger charge is -2.18. The van der Waals surface area contributed by atoms with E-state index in [-0.39, 0.29) is 19.0 Å². The van der Waals surface area contributed by atoms with E-state index in [0.717, 1.165) is 12.3 Å².